The van der Waals surface area contributed by atoms with E-state index in [2.05, 4.69) is 11.9 Å². The summed E-state index contributed by atoms with van der Waals surface area (Å²) in [6.45, 7) is 3.48. The molecule has 6 nitrogen and oxygen atoms in total. The summed E-state index contributed by atoms with van der Waals surface area (Å²) in [6.07, 6.45) is 0.853. The topological polar surface area (TPSA) is 99.4 Å². The Bertz CT molecular complexity index is 546. The zero-order valence-corrected chi connectivity index (χ0v) is 11.4. The summed E-state index contributed by atoms with van der Waals surface area (Å²) in [7, 11) is 0. The summed E-state index contributed by atoms with van der Waals surface area (Å²) in [6, 6.07) is 8.15. The minimum Gasteiger partial charge on any atom is -0.481 e. The summed E-state index contributed by atoms with van der Waals surface area (Å²) in [5.74, 6) is -1.02. The Balaban J connectivity index is 2.68. The lowest BCUT2D eigenvalue weighted by molar-refractivity contribution is -0.137. The first-order chi connectivity index (χ1) is 10.0. The summed E-state index contributed by atoms with van der Waals surface area (Å²) in [5.41, 5.74) is 1.34. The fourth-order valence-corrected chi connectivity index (χ4v) is 1.73. The predicted octanol–water partition coefficient (Wildman–Crippen LogP) is 1.86. The van der Waals surface area contributed by atoms with E-state index in [1.54, 1.807) is 24.3 Å². The highest BCUT2D eigenvalue weighted by atomic mass is 16.5. The molecule has 0 saturated carbocycles. The molecule has 0 aliphatic heterocycles. The summed E-state index contributed by atoms with van der Waals surface area (Å²) in [5, 5.41) is 20.1. The Morgan fingerprint density at radius 3 is 2.62 bits per heavy atom. The van der Waals surface area contributed by atoms with E-state index in [9.17, 15) is 9.59 Å². The van der Waals surface area contributed by atoms with Crippen LogP contribution in [-0.2, 0) is 16.0 Å². The Morgan fingerprint density at radius 1 is 1.43 bits per heavy atom. The van der Waals surface area contributed by atoms with Gasteiger partial charge in [-0.25, -0.2) is 4.79 Å². The van der Waals surface area contributed by atoms with E-state index in [0.717, 1.165) is 5.56 Å². The second kappa shape index (κ2) is 8.38. The number of benzene rings is 1. The van der Waals surface area contributed by atoms with Gasteiger partial charge >= 0.3 is 12.1 Å². The number of alkyl carbamates (subject to hydrolysis) is 1. The number of carbonyl (C=O) groups excluding carboxylic acids is 1. The first-order valence-electron chi connectivity index (χ1n) is 6.30. The zero-order chi connectivity index (χ0) is 15.7. The standard InChI is InChI=1S/C15H16N2O4/c1-2-7-21-15(20)17-13(9-14(18)19)8-11-3-5-12(10-16)6-4-11/h2-6,13H,1,7-9H2,(H,17,20)(H,18,19)/t13-/m0/s1. The monoisotopic (exact) mass is 288 g/mol. The van der Waals surface area contributed by atoms with E-state index in [4.69, 9.17) is 15.1 Å². The van der Waals surface area contributed by atoms with E-state index in [1.807, 2.05) is 6.07 Å². The van der Waals surface area contributed by atoms with Gasteiger partial charge < -0.3 is 15.2 Å². The number of rotatable bonds is 7. The van der Waals surface area contributed by atoms with Crippen molar-refractivity contribution < 1.29 is 19.4 Å². The molecule has 0 radical (unpaired) electrons. The van der Waals surface area contributed by atoms with Crippen LogP contribution in [0.4, 0.5) is 4.79 Å². The average Bonchev–Trinajstić information content (AvgIpc) is 2.45. The predicted molar refractivity (Wildman–Crippen MR) is 75.6 cm³/mol. The third-order valence-electron chi connectivity index (χ3n) is 2.64. The van der Waals surface area contributed by atoms with Crippen LogP contribution in [0.5, 0.6) is 0 Å². The Kier molecular flexibility index (Phi) is 6.48. The Morgan fingerprint density at radius 2 is 2.10 bits per heavy atom. The van der Waals surface area contributed by atoms with Crippen LogP contribution >= 0.6 is 0 Å². The number of carboxylic acids is 1. The molecule has 1 aromatic carbocycles. The van der Waals surface area contributed by atoms with Crippen LogP contribution in [0.25, 0.3) is 0 Å². The van der Waals surface area contributed by atoms with Gasteiger partial charge in [0.1, 0.15) is 6.61 Å². The number of carbonyl (C=O) groups is 2. The van der Waals surface area contributed by atoms with Crippen molar-refractivity contribution in [2.24, 2.45) is 0 Å². The number of nitrogens with one attached hydrogen (secondary N) is 1. The van der Waals surface area contributed by atoms with Gasteiger partial charge in [0.15, 0.2) is 0 Å². The zero-order valence-electron chi connectivity index (χ0n) is 11.4. The maximum Gasteiger partial charge on any atom is 0.407 e. The average molecular weight is 288 g/mol. The number of carboxylic acid groups (broad SMARTS) is 1. The number of nitriles is 1. The Hall–Kier alpha value is -2.81. The molecular weight excluding hydrogens is 272 g/mol. The highest BCUT2D eigenvalue weighted by Crippen LogP contribution is 2.08. The van der Waals surface area contributed by atoms with Crippen LogP contribution in [0.3, 0.4) is 0 Å². The van der Waals surface area contributed by atoms with E-state index >= 15 is 0 Å². The normalized spacial score (nSPS) is 11.0. The molecule has 0 unspecified atom stereocenters. The number of nitrogens with zero attached hydrogens (tertiary/aromatic N) is 1. The molecule has 1 rings (SSSR count). The molecule has 1 atom stereocenters. The van der Waals surface area contributed by atoms with Crippen molar-refractivity contribution in [3.05, 3.63) is 48.0 Å². The molecule has 0 heterocycles. The SMILES string of the molecule is C=CCOC(=O)N[C@H](CC(=O)O)Cc1ccc(C#N)cc1. The molecular formula is C15H16N2O4. The minimum absolute atomic E-state index is 0.0580. The molecule has 6 heteroatoms. The van der Waals surface area contributed by atoms with E-state index in [0.29, 0.717) is 12.0 Å². The number of amides is 1. The smallest absolute Gasteiger partial charge is 0.407 e. The van der Waals surface area contributed by atoms with Gasteiger partial charge in [0.05, 0.1) is 18.1 Å². The molecule has 0 fully saturated rings. The van der Waals surface area contributed by atoms with Gasteiger partial charge in [0.25, 0.3) is 0 Å². The Labute approximate surface area is 122 Å². The first-order valence-corrected chi connectivity index (χ1v) is 6.30. The van der Waals surface area contributed by atoms with Crippen molar-refractivity contribution >= 4 is 12.1 Å². The molecule has 1 aromatic rings. The molecule has 0 saturated heterocycles. The summed E-state index contributed by atoms with van der Waals surface area (Å²) in [4.78, 5) is 22.3. The van der Waals surface area contributed by atoms with Crippen molar-refractivity contribution in [3.63, 3.8) is 0 Å². The van der Waals surface area contributed by atoms with E-state index < -0.39 is 18.1 Å². The third kappa shape index (κ3) is 6.25. The molecule has 2 N–H and O–H groups in total. The van der Waals surface area contributed by atoms with Crippen molar-refractivity contribution in [1.82, 2.24) is 5.32 Å². The van der Waals surface area contributed by atoms with Gasteiger partial charge in [-0.05, 0) is 24.1 Å². The molecule has 0 aromatic heterocycles. The van der Waals surface area contributed by atoms with Gasteiger partial charge in [-0.2, -0.15) is 5.26 Å². The van der Waals surface area contributed by atoms with Gasteiger partial charge in [-0.1, -0.05) is 24.8 Å². The van der Waals surface area contributed by atoms with Gasteiger partial charge in [-0.3, -0.25) is 4.79 Å². The van der Waals surface area contributed by atoms with Crippen molar-refractivity contribution in [3.8, 4) is 6.07 Å². The van der Waals surface area contributed by atoms with Crippen LogP contribution in [0.2, 0.25) is 0 Å². The van der Waals surface area contributed by atoms with Gasteiger partial charge in [0.2, 0.25) is 0 Å². The van der Waals surface area contributed by atoms with Crippen molar-refractivity contribution in [1.29, 1.82) is 5.26 Å². The lowest BCUT2D eigenvalue weighted by Gasteiger charge is -2.16. The maximum absolute atomic E-state index is 11.5. The fraction of sp³-hybridized carbons (Fsp3) is 0.267. The minimum atomic E-state index is -1.02. The summed E-state index contributed by atoms with van der Waals surface area (Å²) >= 11 is 0. The second-order valence-electron chi connectivity index (χ2n) is 4.34. The molecule has 110 valence electrons. The van der Waals surface area contributed by atoms with Gasteiger partial charge in [-0.15, -0.1) is 0 Å². The first kappa shape index (κ1) is 16.2. The molecule has 0 spiro atoms. The van der Waals surface area contributed by atoms with Crippen LogP contribution in [0.1, 0.15) is 17.5 Å². The quantitative estimate of drug-likeness (QED) is 0.746. The molecule has 1 amide bonds. The number of hydrogen-bond donors (Lipinski definition) is 2. The van der Waals surface area contributed by atoms with E-state index in [1.165, 1.54) is 6.08 Å². The highest BCUT2D eigenvalue weighted by molar-refractivity contribution is 5.71. The molecule has 0 aliphatic rings. The molecule has 0 aliphatic carbocycles. The largest absolute Gasteiger partial charge is 0.481 e. The van der Waals surface area contributed by atoms with Crippen molar-refractivity contribution in [2.45, 2.75) is 18.9 Å². The maximum atomic E-state index is 11.5. The van der Waals surface area contributed by atoms with Crippen LogP contribution < -0.4 is 5.32 Å². The number of aliphatic carboxylic acids is 1. The number of ether oxygens (including phenoxy) is 1. The van der Waals surface area contributed by atoms with E-state index in [-0.39, 0.29) is 13.0 Å². The summed E-state index contributed by atoms with van der Waals surface area (Å²) < 4.78 is 4.77. The molecule has 21 heavy (non-hydrogen) atoms. The lowest BCUT2D eigenvalue weighted by atomic mass is 10.0. The van der Waals surface area contributed by atoms with Crippen LogP contribution in [0.15, 0.2) is 36.9 Å². The highest BCUT2D eigenvalue weighted by Gasteiger charge is 2.17. The second-order valence-corrected chi connectivity index (χ2v) is 4.34. The van der Waals surface area contributed by atoms with Crippen LogP contribution in [-0.4, -0.2) is 29.8 Å². The van der Waals surface area contributed by atoms with Crippen molar-refractivity contribution in [2.75, 3.05) is 6.61 Å². The van der Waals surface area contributed by atoms with Gasteiger partial charge in [0, 0.05) is 6.04 Å². The number of hydrogen-bond acceptors (Lipinski definition) is 4. The molecule has 0 bridgehead atoms. The fourth-order valence-electron chi connectivity index (χ4n) is 1.73. The van der Waals surface area contributed by atoms with Crippen LogP contribution in [0, 0.1) is 11.3 Å². The lowest BCUT2D eigenvalue weighted by Crippen LogP contribution is -2.38. The third-order valence-corrected chi connectivity index (χ3v) is 2.64.